The molecule has 106 valence electrons. The number of alkyl halides is 3. The van der Waals surface area contributed by atoms with Gasteiger partial charge in [-0.3, -0.25) is 9.69 Å². The first-order chi connectivity index (χ1) is 8.28. The van der Waals surface area contributed by atoms with Gasteiger partial charge in [0.25, 0.3) is 0 Å². The Hall–Kier alpha value is -1.47. The van der Waals surface area contributed by atoms with E-state index in [1.165, 1.54) is 19.2 Å². The van der Waals surface area contributed by atoms with E-state index in [-0.39, 0.29) is 18.1 Å². The molecule has 19 heavy (non-hydrogen) atoms. The number of hydrogen-bond donors (Lipinski definition) is 0. The van der Waals surface area contributed by atoms with Gasteiger partial charge >= 0.3 is 11.7 Å². The van der Waals surface area contributed by atoms with Crippen LogP contribution in [-0.2, 0) is 0 Å². The third kappa shape index (κ3) is 6.88. The first-order valence-corrected chi connectivity index (χ1v) is 4.98. The smallest absolute Gasteiger partial charge is 0.406 e. The lowest BCUT2D eigenvalue weighted by Gasteiger charge is -2.09. The highest BCUT2D eigenvalue weighted by Gasteiger charge is 2.31. The van der Waals surface area contributed by atoms with E-state index in [9.17, 15) is 18.0 Å². The van der Waals surface area contributed by atoms with Crippen molar-refractivity contribution < 1.29 is 22.7 Å². The molecule has 0 N–H and O–H groups in total. The molecule has 0 saturated carbocycles. The molecule has 1 aromatic rings. The van der Waals surface area contributed by atoms with Crippen molar-refractivity contribution in [1.29, 1.82) is 0 Å². The summed E-state index contributed by atoms with van der Waals surface area (Å²) in [6.07, 6.45) is -3.67. The van der Waals surface area contributed by atoms with E-state index in [1.807, 2.05) is 0 Å². The van der Waals surface area contributed by atoms with E-state index in [0.717, 1.165) is 23.4 Å². The van der Waals surface area contributed by atoms with Gasteiger partial charge in [0, 0.05) is 13.1 Å². The minimum absolute atomic E-state index is 0. The van der Waals surface area contributed by atoms with Crippen LogP contribution in [0.1, 0.15) is 0 Å². The number of ether oxygens (including phenoxy) is 1. The highest BCUT2D eigenvalue weighted by Crippen LogP contribution is 2.26. The summed E-state index contributed by atoms with van der Waals surface area (Å²) < 4.78 is 39.6. The van der Waals surface area contributed by atoms with Crippen molar-refractivity contribution in [1.82, 2.24) is 4.90 Å². The second-order valence-electron chi connectivity index (χ2n) is 3.15. The molecule has 0 aliphatic carbocycles. The van der Waals surface area contributed by atoms with Gasteiger partial charge in [-0.15, -0.1) is 25.6 Å². The number of nitrogens with zero attached hydrogens (tertiary/aromatic N) is 2. The number of benzene rings is 1. The van der Waals surface area contributed by atoms with E-state index in [2.05, 4.69) is 9.73 Å². The number of rotatable bonds is 3. The lowest BCUT2D eigenvalue weighted by molar-refractivity contribution is -0.274. The molecule has 0 aliphatic heterocycles. The summed E-state index contributed by atoms with van der Waals surface area (Å²) >= 11 is 5.14. The van der Waals surface area contributed by atoms with E-state index in [1.54, 1.807) is 0 Å². The molecular formula is C10H9Cl2F3N2O2. The molecule has 4 nitrogen and oxygen atoms in total. The van der Waals surface area contributed by atoms with Crippen LogP contribution in [0.15, 0.2) is 29.3 Å². The zero-order chi connectivity index (χ0) is 13.8. The van der Waals surface area contributed by atoms with Gasteiger partial charge < -0.3 is 4.74 Å². The van der Waals surface area contributed by atoms with Crippen molar-refractivity contribution in [2.24, 2.45) is 4.99 Å². The molecule has 9 heteroatoms. The van der Waals surface area contributed by atoms with E-state index >= 15 is 0 Å². The number of hydrogen-bond acceptors (Lipinski definition) is 3. The molecule has 0 bridgehead atoms. The predicted molar refractivity (Wildman–Crippen MR) is 67.5 cm³/mol. The van der Waals surface area contributed by atoms with Crippen molar-refractivity contribution in [3.63, 3.8) is 0 Å². The Morgan fingerprint density at radius 3 is 2.63 bits per heavy atom. The SMILES string of the molecule is CN(C=Nc1cccc(OC(F)(F)F)c1)C(=O)Cl.Cl. The van der Waals surface area contributed by atoms with Gasteiger partial charge in [-0.1, -0.05) is 6.07 Å². The molecule has 0 aromatic heterocycles. The lowest BCUT2D eigenvalue weighted by Crippen LogP contribution is -2.18. The first kappa shape index (κ1) is 17.5. The van der Waals surface area contributed by atoms with Gasteiger partial charge in [0.05, 0.1) is 12.0 Å². The maximum atomic E-state index is 12.0. The van der Waals surface area contributed by atoms with Crippen molar-refractivity contribution in [3.8, 4) is 5.75 Å². The Labute approximate surface area is 118 Å². The molecular weight excluding hydrogens is 308 g/mol. The zero-order valence-electron chi connectivity index (χ0n) is 9.52. The fraction of sp³-hybridized carbons (Fsp3) is 0.200. The molecule has 1 aromatic carbocycles. The summed E-state index contributed by atoms with van der Waals surface area (Å²) in [6.45, 7) is 0. The number of amides is 1. The second kappa shape index (κ2) is 7.20. The summed E-state index contributed by atoms with van der Waals surface area (Å²) in [6, 6.07) is 5.02. The summed E-state index contributed by atoms with van der Waals surface area (Å²) in [5.41, 5.74) is 0.196. The molecule has 1 amide bonds. The predicted octanol–water partition coefficient (Wildman–Crippen LogP) is 3.96. The monoisotopic (exact) mass is 316 g/mol. The van der Waals surface area contributed by atoms with Crippen LogP contribution in [0.3, 0.4) is 0 Å². The molecule has 0 unspecified atom stereocenters. The summed E-state index contributed by atoms with van der Waals surface area (Å²) in [5.74, 6) is -0.392. The fourth-order valence-electron chi connectivity index (χ4n) is 0.960. The van der Waals surface area contributed by atoms with Gasteiger partial charge in [-0.2, -0.15) is 0 Å². The van der Waals surface area contributed by atoms with E-state index in [0.29, 0.717) is 0 Å². The molecule has 0 spiro atoms. The molecule has 0 saturated heterocycles. The van der Waals surface area contributed by atoms with Crippen LogP contribution in [-0.4, -0.2) is 30.0 Å². The van der Waals surface area contributed by atoms with Crippen LogP contribution in [0.5, 0.6) is 5.75 Å². The average Bonchev–Trinajstić information content (AvgIpc) is 2.23. The van der Waals surface area contributed by atoms with Crippen molar-refractivity contribution in [2.75, 3.05) is 7.05 Å². The second-order valence-corrected chi connectivity index (χ2v) is 3.48. The third-order valence-electron chi connectivity index (χ3n) is 1.71. The van der Waals surface area contributed by atoms with Crippen molar-refractivity contribution in [2.45, 2.75) is 6.36 Å². The van der Waals surface area contributed by atoms with Crippen LogP contribution in [0.4, 0.5) is 23.7 Å². The fourth-order valence-corrected chi connectivity index (χ4v) is 1.00. The number of carbonyl (C=O) groups excluding carboxylic acids is 1. The highest BCUT2D eigenvalue weighted by atomic mass is 35.5. The molecule has 0 radical (unpaired) electrons. The maximum Gasteiger partial charge on any atom is 0.573 e. The number of halogens is 5. The largest absolute Gasteiger partial charge is 0.573 e. The first-order valence-electron chi connectivity index (χ1n) is 4.60. The maximum absolute atomic E-state index is 12.0. The van der Waals surface area contributed by atoms with Gasteiger partial charge in [0.15, 0.2) is 0 Å². The Kier molecular flexibility index (Phi) is 6.64. The van der Waals surface area contributed by atoms with Crippen LogP contribution < -0.4 is 4.74 Å². The van der Waals surface area contributed by atoms with Gasteiger partial charge in [0.2, 0.25) is 0 Å². The Bertz CT molecular complexity index is 466. The third-order valence-corrected chi connectivity index (χ3v) is 1.98. The Morgan fingerprint density at radius 2 is 2.11 bits per heavy atom. The Morgan fingerprint density at radius 1 is 1.47 bits per heavy atom. The zero-order valence-corrected chi connectivity index (χ0v) is 11.1. The van der Waals surface area contributed by atoms with Crippen molar-refractivity contribution >= 4 is 41.4 Å². The molecule has 0 fully saturated rings. The van der Waals surface area contributed by atoms with Crippen LogP contribution in [0, 0.1) is 0 Å². The molecule has 0 aliphatic rings. The van der Waals surface area contributed by atoms with E-state index in [4.69, 9.17) is 11.6 Å². The standard InChI is InChI=1S/C10H8ClF3N2O2.ClH/c1-16(9(11)17)6-15-7-3-2-4-8(5-7)18-10(12,13)14;/h2-6H,1H3;1H. The summed E-state index contributed by atoms with van der Waals surface area (Å²) in [4.78, 5) is 15.4. The molecule has 0 atom stereocenters. The van der Waals surface area contributed by atoms with Crippen LogP contribution in [0.25, 0.3) is 0 Å². The Balaban J connectivity index is 0.00000324. The van der Waals surface area contributed by atoms with Crippen LogP contribution in [0.2, 0.25) is 0 Å². The average molecular weight is 317 g/mol. The van der Waals surface area contributed by atoms with E-state index < -0.39 is 17.5 Å². The van der Waals surface area contributed by atoms with Gasteiger partial charge in [-0.05, 0) is 23.7 Å². The van der Waals surface area contributed by atoms with Gasteiger partial charge in [-0.25, -0.2) is 4.99 Å². The number of carbonyl (C=O) groups is 1. The van der Waals surface area contributed by atoms with Crippen LogP contribution >= 0.6 is 24.0 Å². The topological polar surface area (TPSA) is 41.9 Å². The van der Waals surface area contributed by atoms with Crippen molar-refractivity contribution in [3.05, 3.63) is 24.3 Å². The highest BCUT2D eigenvalue weighted by molar-refractivity contribution is 6.63. The minimum Gasteiger partial charge on any atom is -0.406 e. The lowest BCUT2D eigenvalue weighted by atomic mass is 10.3. The summed E-state index contributed by atoms with van der Waals surface area (Å²) in [7, 11) is 1.36. The minimum atomic E-state index is -4.76. The quantitative estimate of drug-likeness (QED) is 0.366. The molecule has 0 heterocycles. The number of aliphatic imine (C=N–C) groups is 1. The molecule has 1 rings (SSSR count). The summed E-state index contributed by atoms with van der Waals surface area (Å²) in [5, 5.41) is -0.763. The van der Waals surface area contributed by atoms with Gasteiger partial charge in [0.1, 0.15) is 5.75 Å². The normalized spacial score (nSPS) is 11.0.